The minimum atomic E-state index is -3.92. The number of benzene rings is 1. The maximum Gasteiger partial charge on any atom is 0.349 e. The number of carbonyl (C=O) groups is 1. The Balaban J connectivity index is 1.61. The zero-order valence-corrected chi connectivity index (χ0v) is 17.3. The second-order valence-electron chi connectivity index (χ2n) is 5.99. The molecule has 1 aliphatic heterocycles. The van der Waals surface area contributed by atoms with Gasteiger partial charge in [-0.3, -0.25) is 4.72 Å². The van der Waals surface area contributed by atoms with E-state index >= 15 is 0 Å². The van der Waals surface area contributed by atoms with Gasteiger partial charge in [0.25, 0.3) is 10.0 Å². The highest BCUT2D eigenvalue weighted by molar-refractivity contribution is 7.93. The lowest BCUT2D eigenvalue weighted by molar-refractivity contribution is 0.0602. The van der Waals surface area contributed by atoms with Crippen molar-refractivity contribution in [3.8, 4) is 0 Å². The molecule has 1 N–H and O–H groups in total. The Hall–Kier alpha value is -2.21. The van der Waals surface area contributed by atoms with Crippen molar-refractivity contribution >= 4 is 59.7 Å². The highest BCUT2D eigenvalue weighted by atomic mass is 32.2. The van der Waals surface area contributed by atoms with E-state index in [-0.39, 0.29) is 9.77 Å². The number of esters is 1. The van der Waals surface area contributed by atoms with Gasteiger partial charge in [0.15, 0.2) is 5.13 Å². The summed E-state index contributed by atoms with van der Waals surface area (Å²) in [6.07, 6.45) is 0. The molecule has 1 aliphatic rings. The second kappa shape index (κ2) is 7.66. The van der Waals surface area contributed by atoms with Gasteiger partial charge in [-0.25, -0.2) is 18.2 Å². The third-order valence-electron chi connectivity index (χ3n) is 4.20. The summed E-state index contributed by atoms with van der Waals surface area (Å²) in [5.41, 5.74) is 1.21. The summed E-state index contributed by atoms with van der Waals surface area (Å²) in [5, 5.41) is 2.44. The summed E-state index contributed by atoms with van der Waals surface area (Å²) >= 11 is 2.53. The Morgan fingerprint density at radius 1 is 1.29 bits per heavy atom. The minimum Gasteiger partial charge on any atom is -0.465 e. The van der Waals surface area contributed by atoms with Crippen molar-refractivity contribution in [3.63, 3.8) is 0 Å². The number of sulfonamides is 1. The molecule has 28 heavy (non-hydrogen) atoms. The third-order valence-corrected chi connectivity index (χ3v) is 7.73. The lowest BCUT2D eigenvalue weighted by atomic mass is 10.3. The topological polar surface area (TPSA) is 97.8 Å². The van der Waals surface area contributed by atoms with E-state index in [0.29, 0.717) is 18.9 Å². The normalized spacial score (nSPS) is 15.0. The van der Waals surface area contributed by atoms with Gasteiger partial charge in [-0.15, -0.1) is 11.3 Å². The fourth-order valence-corrected chi connectivity index (χ4v) is 6.27. The van der Waals surface area contributed by atoms with Crippen LogP contribution in [0.1, 0.15) is 9.67 Å². The van der Waals surface area contributed by atoms with Crippen LogP contribution in [-0.4, -0.2) is 52.8 Å². The van der Waals surface area contributed by atoms with Crippen molar-refractivity contribution in [2.24, 2.45) is 0 Å². The van der Waals surface area contributed by atoms with E-state index in [4.69, 9.17) is 4.74 Å². The predicted molar refractivity (Wildman–Crippen MR) is 109 cm³/mol. The number of methoxy groups -OCH3 is 1. The molecule has 0 saturated carbocycles. The number of ether oxygens (including phenoxy) is 2. The largest absolute Gasteiger partial charge is 0.465 e. The minimum absolute atomic E-state index is 0.0449. The molecule has 4 rings (SSSR count). The fraction of sp³-hybridized carbons (Fsp3) is 0.294. The van der Waals surface area contributed by atoms with E-state index in [1.807, 2.05) is 0 Å². The monoisotopic (exact) mass is 439 g/mol. The van der Waals surface area contributed by atoms with Crippen LogP contribution in [0.5, 0.6) is 0 Å². The van der Waals surface area contributed by atoms with Crippen LogP contribution in [0.4, 0.5) is 10.8 Å². The summed E-state index contributed by atoms with van der Waals surface area (Å²) in [4.78, 5) is 18.5. The van der Waals surface area contributed by atoms with E-state index in [1.165, 1.54) is 24.5 Å². The molecule has 0 unspecified atom stereocenters. The van der Waals surface area contributed by atoms with Gasteiger partial charge in [0, 0.05) is 13.1 Å². The first-order valence-electron chi connectivity index (χ1n) is 8.40. The molecule has 1 aromatic carbocycles. The van der Waals surface area contributed by atoms with Crippen molar-refractivity contribution < 1.29 is 22.7 Å². The average molecular weight is 440 g/mol. The van der Waals surface area contributed by atoms with Gasteiger partial charge in [0.2, 0.25) is 0 Å². The molecular weight excluding hydrogens is 422 g/mol. The second-order valence-corrected chi connectivity index (χ2v) is 9.57. The number of morpholine rings is 1. The molecule has 0 spiro atoms. The Morgan fingerprint density at radius 3 is 2.82 bits per heavy atom. The number of thiophene rings is 1. The first-order chi connectivity index (χ1) is 13.5. The number of fused-ring (bicyclic) bond motifs is 1. The molecule has 3 aromatic rings. The van der Waals surface area contributed by atoms with Crippen molar-refractivity contribution in [1.82, 2.24) is 4.98 Å². The highest BCUT2D eigenvalue weighted by Crippen LogP contribution is 2.32. The SMILES string of the molecule is COC(=O)c1sccc1S(=O)(=O)Nc1ccc2nc(N3CCOCC3)sc2c1. The van der Waals surface area contributed by atoms with Crippen molar-refractivity contribution in [3.05, 3.63) is 34.5 Å². The first kappa shape index (κ1) is 19.1. The van der Waals surface area contributed by atoms with Crippen LogP contribution in [0.15, 0.2) is 34.5 Å². The van der Waals surface area contributed by atoms with Crippen molar-refractivity contribution in [2.45, 2.75) is 4.90 Å². The van der Waals surface area contributed by atoms with Gasteiger partial charge in [-0.1, -0.05) is 11.3 Å². The Morgan fingerprint density at radius 2 is 2.07 bits per heavy atom. The standard InChI is InChI=1S/C17H17N3O5S3/c1-24-16(21)15-14(4-9-26-15)28(22,23)19-11-2-3-12-13(10-11)27-17(18-12)20-5-7-25-8-6-20/h2-4,9-10,19H,5-8H2,1H3. The Bertz CT molecular complexity index is 1120. The van der Waals surface area contributed by atoms with Crippen LogP contribution in [-0.2, 0) is 19.5 Å². The summed E-state index contributed by atoms with van der Waals surface area (Å²) in [5.74, 6) is -0.677. The van der Waals surface area contributed by atoms with Gasteiger partial charge >= 0.3 is 5.97 Å². The van der Waals surface area contributed by atoms with E-state index in [0.717, 1.165) is 39.8 Å². The maximum absolute atomic E-state index is 12.7. The number of rotatable bonds is 5. The van der Waals surface area contributed by atoms with Crippen molar-refractivity contribution in [2.75, 3.05) is 43.0 Å². The molecule has 2 aromatic heterocycles. The summed E-state index contributed by atoms with van der Waals surface area (Å²) in [7, 11) is -2.70. The predicted octanol–water partition coefficient (Wildman–Crippen LogP) is 2.78. The highest BCUT2D eigenvalue weighted by Gasteiger charge is 2.25. The van der Waals surface area contributed by atoms with Crippen LogP contribution in [0.3, 0.4) is 0 Å². The van der Waals surface area contributed by atoms with Gasteiger partial charge in [-0.2, -0.15) is 0 Å². The van der Waals surface area contributed by atoms with Gasteiger partial charge in [0.1, 0.15) is 9.77 Å². The van der Waals surface area contributed by atoms with Crippen LogP contribution < -0.4 is 9.62 Å². The molecule has 11 heteroatoms. The van der Waals surface area contributed by atoms with Crippen LogP contribution in [0, 0.1) is 0 Å². The lowest BCUT2D eigenvalue weighted by Crippen LogP contribution is -2.36. The van der Waals surface area contributed by atoms with Gasteiger partial charge in [-0.05, 0) is 29.6 Å². The van der Waals surface area contributed by atoms with E-state index in [1.54, 1.807) is 23.6 Å². The maximum atomic E-state index is 12.7. The smallest absolute Gasteiger partial charge is 0.349 e. The summed E-state index contributed by atoms with van der Waals surface area (Å²) in [6.45, 7) is 2.91. The van der Waals surface area contributed by atoms with E-state index in [9.17, 15) is 13.2 Å². The molecule has 0 amide bonds. The fourth-order valence-electron chi connectivity index (χ4n) is 2.83. The molecule has 8 nitrogen and oxygen atoms in total. The number of anilines is 2. The zero-order chi connectivity index (χ0) is 19.7. The molecule has 0 radical (unpaired) electrons. The lowest BCUT2D eigenvalue weighted by Gasteiger charge is -2.25. The number of aromatic nitrogens is 1. The average Bonchev–Trinajstić information content (AvgIpc) is 3.35. The molecule has 0 atom stereocenters. The molecule has 0 bridgehead atoms. The Kier molecular flexibility index (Phi) is 5.23. The summed E-state index contributed by atoms with van der Waals surface area (Å²) < 4.78 is 38.9. The van der Waals surface area contributed by atoms with Crippen LogP contribution in [0.25, 0.3) is 10.2 Å². The van der Waals surface area contributed by atoms with E-state index < -0.39 is 16.0 Å². The number of nitrogens with one attached hydrogen (secondary N) is 1. The third kappa shape index (κ3) is 3.70. The molecule has 1 saturated heterocycles. The molecule has 3 heterocycles. The van der Waals surface area contributed by atoms with Crippen molar-refractivity contribution in [1.29, 1.82) is 0 Å². The van der Waals surface area contributed by atoms with Crippen LogP contribution in [0.2, 0.25) is 0 Å². The first-order valence-corrected chi connectivity index (χ1v) is 11.6. The molecule has 0 aliphatic carbocycles. The van der Waals surface area contributed by atoms with Gasteiger partial charge < -0.3 is 14.4 Å². The quantitative estimate of drug-likeness (QED) is 0.611. The number of nitrogens with zero attached hydrogens (tertiary/aromatic N) is 2. The van der Waals surface area contributed by atoms with E-state index in [2.05, 4.69) is 19.3 Å². The number of thiazole rings is 1. The summed E-state index contributed by atoms with van der Waals surface area (Å²) in [6, 6.07) is 6.58. The Labute approximate surface area is 169 Å². The molecule has 1 fully saturated rings. The zero-order valence-electron chi connectivity index (χ0n) is 14.9. The van der Waals surface area contributed by atoms with Gasteiger partial charge in [0.05, 0.1) is 36.2 Å². The number of carbonyl (C=O) groups excluding carboxylic acids is 1. The number of hydrogen-bond donors (Lipinski definition) is 1. The molecular formula is C17H17N3O5S3. The molecule has 148 valence electrons. The van der Waals surface area contributed by atoms with Crippen LogP contribution >= 0.6 is 22.7 Å². The number of hydrogen-bond acceptors (Lipinski definition) is 9.